The van der Waals surface area contributed by atoms with Crippen LogP contribution in [0.25, 0.3) is 22.3 Å². The zero-order valence-electron chi connectivity index (χ0n) is 17.6. The van der Waals surface area contributed by atoms with Gasteiger partial charge in [-0.15, -0.1) is 10.2 Å². The fourth-order valence-electron chi connectivity index (χ4n) is 4.06. The summed E-state index contributed by atoms with van der Waals surface area (Å²) in [4.78, 5) is 6.74. The third kappa shape index (κ3) is 3.62. The topological polar surface area (TPSA) is 83.7 Å². The van der Waals surface area contributed by atoms with E-state index in [4.69, 9.17) is 16.6 Å². The van der Waals surface area contributed by atoms with Crippen LogP contribution >= 0.6 is 11.6 Å². The van der Waals surface area contributed by atoms with Gasteiger partial charge in [-0.25, -0.2) is 12.8 Å². The van der Waals surface area contributed by atoms with Gasteiger partial charge in [-0.2, -0.15) is 9.29 Å². The number of rotatable bonds is 4. The van der Waals surface area contributed by atoms with E-state index in [2.05, 4.69) is 16.3 Å². The second kappa shape index (κ2) is 7.84. The highest BCUT2D eigenvalue weighted by Gasteiger charge is 2.21. The Bertz CT molecular complexity index is 1480. The molecular weight excluding hydrogens is 448 g/mol. The Morgan fingerprint density at radius 1 is 1.09 bits per heavy atom. The average molecular weight is 469 g/mol. The molecule has 3 heterocycles. The molecule has 1 aliphatic rings. The first-order valence-electron chi connectivity index (χ1n) is 10.1. The van der Waals surface area contributed by atoms with Gasteiger partial charge in [0.25, 0.3) is 5.78 Å². The van der Waals surface area contributed by atoms with Crippen LogP contribution in [0.15, 0.2) is 54.6 Å². The number of aromatic nitrogens is 4. The predicted octanol–water partition coefficient (Wildman–Crippen LogP) is 3.75. The third-order valence-electron chi connectivity index (χ3n) is 5.76. The molecule has 0 atom stereocenters. The summed E-state index contributed by atoms with van der Waals surface area (Å²) in [5.74, 6) is 1.18. The molecule has 10 heteroatoms. The van der Waals surface area contributed by atoms with Crippen LogP contribution in [-0.4, -0.2) is 58.7 Å². The van der Waals surface area contributed by atoms with Gasteiger partial charge in [0.15, 0.2) is 0 Å². The van der Waals surface area contributed by atoms with Gasteiger partial charge in [-0.05, 0) is 53.4 Å². The highest BCUT2D eigenvalue weighted by molar-refractivity contribution is 7.88. The lowest BCUT2D eigenvalue weighted by Gasteiger charge is -2.25. The molecule has 0 spiro atoms. The molecule has 0 amide bonds. The zero-order chi connectivity index (χ0) is 22.5. The van der Waals surface area contributed by atoms with E-state index in [0.717, 1.165) is 33.5 Å². The molecule has 4 aromatic rings. The van der Waals surface area contributed by atoms with E-state index in [0.29, 0.717) is 25.3 Å². The number of sulfonamides is 1. The maximum Gasteiger partial charge on any atom is 0.258 e. The van der Waals surface area contributed by atoms with Crippen molar-refractivity contribution in [2.24, 2.45) is 0 Å². The van der Waals surface area contributed by atoms with Crippen molar-refractivity contribution in [3.05, 3.63) is 65.5 Å². The van der Waals surface area contributed by atoms with Crippen LogP contribution in [0.2, 0.25) is 5.28 Å². The minimum atomic E-state index is -3.18. The Balaban J connectivity index is 1.54. The first-order chi connectivity index (χ1) is 15.3. The van der Waals surface area contributed by atoms with Crippen LogP contribution in [0, 0.1) is 0 Å². The SMILES string of the molecule is CN(c1cccc(C2=CCN(S(C)(=O)=O)CC2)c1)c1nc2nnc(Cl)n2c2ccccc12. The Labute approximate surface area is 190 Å². The summed E-state index contributed by atoms with van der Waals surface area (Å²) in [7, 11) is -1.22. The van der Waals surface area contributed by atoms with E-state index in [1.54, 1.807) is 4.40 Å². The first kappa shape index (κ1) is 20.9. The smallest absolute Gasteiger partial charge is 0.258 e. The van der Waals surface area contributed by atoms with Crippen molar-refractivity contribution in [2.45, 2.75) is 6.42 Å². The van der Waals surface area contributed by atoms with Crippen molar-refractivity contribution >= 4 is 55.4 Å². The number of benzene rings is 2. The molecule has 0 saturated carbocycles. The summed E-state index contributed by atoms with van der Waals surface area (Å²) < 4.78 is 26.8. The number of anilines is 2. The van der Waals surface area contributed by atoms with Crippen molar-refractivity contribution in [3.8, 4) is 0 Å². The number of hydrogen-bond donors (Lipinski definition) is 0. The number of nitrogens with zero attached hydrogens (tertiary/aromatic N) is 6. The number of fused-ring (bicyclic) bond motifs is 3. The van der Waals surface area contributed by atoms with Gasteiger partial charge in [0.2, 0.25) is 15.3 Å². The molecule has 0 aliphatic carbocycles. The Hall–Kier alpha value is -3.01. The summed E-state index contributed by atoms with van der Waals surface area (Å²) >= 11 is 6.23. The number of hydrogen-bond acceptors (Lipinski definition) is 6. The fraction of sp³-hybridized carbons (Fsp3) is 0.227. The number of halogens is 1. The van der Waals surface area contributed by atoms with E-state index in [1.165, 1.54) is 10.6 Å². The zero-order valence-corrected chi connectivity index (χ0v) is 19.2. The first-order valence-corrected chi connectivity index (χ1v) is 12.3. The largest absolute Gasteiger partial charge is 0.329 e. The molecule has 5 rings (SSSR count). The predicted molar refractivity (Wildman–Crippen MR) is 127 cm³/mol. The van der Waals surface area contributed by atoms with Gasteiger partial charge in [0.05, 0.1) is 11.8 Å². The lowest BCUT2D eigenvalue weighted by Crippen LogP contribution is -2.33. The molecule has 32 heavy (non-hydrogen) atoms. The van der Waals surface area contributed by atoms with Gasteiger partial charge in [0, 0.05) is 31.2 Å². The molecule has 0 fully saturated rings. The Morgan fingerprint density at radius 2 is 1.91 bits per heavy atom. The summed E-state index contributed by atoms with van der Waals surface area (Å²) in [6.45, 7) is 0.881. The van der Waals surface area contributed by atoms with Gasteiger partial charge in [0.1, 0.15) is 5.82 Å². The van der Waals surface area contributed by atoms with Crippen LogP contribution in [0.1, 0.15) is 12.0 Å². The van der Waals surface area contributed by atoms with E-state index >= 15 is 0 Å². The van der Waals surface area contributed by atoms with Gasteiger partial charge >= 0.3 is 0 Å². The van der Waals surface area contributed by atoms with E-state index < -0.39 is 10.0 Å². The minimum Gasteiger partial charge on any atom is -0.329 e. The molecular formula is C22H21ClN6O2S. The lowest BCUT2D eigenvalue weighted by atomic mass is 9.99. The van der Waals surface area contributed by atoms with Crippen molar-refractivity contribution < 1.29 is 8.42 Å². The van der Waals surface area contributed by atoms with Crippen LogP contribution in [0.5, 0.6) is 0 Å². The lowest BCUT2D eigenvalue weighted by molar-refractivity contribution is 0.446. The standard InChI is InChI=1S/C22H21ClN6O2S/c1-27(20-18-8-3-4-9-19(18)29-21(23)25-26-22(29)24-20)17-7-5-6-16(14-17)15-10-12-28(13-11-15)32(2,30)31/h3-10,14H,11-13H2,1-2H3. The van der Waals surface area contributed by atoms with Gasteiger partial charge in [-0.1, -0.05) is 30.3 Å². The third-order valence-corrected chi connectivity index (χ3v) is 7.28. The second-order valence-electron chi connectivity index (χ2n) is 7.77. The molecule has 1 aliphatic heterocycles. The quantitative estimate of drug-likeness (QED) is 0.453. The van der Waals surface area contributed by atoms with E-state index in [-0.39, 0.29) is 5.28 Å². The molecule has 0 bridgehead atoms. The summed E-state index contributed by atoms with van der Waals surface area (Å²) in [6, 6.07) is 16.0. The highest BCUT2D eigenvalue weighted by atomic mass is 35.5. The maximum absolute atomic E-state index is 11.8. The summed E-state index contributed by atoms with van der Waals surface area (Å²) in [5.41, 5.74) is 4.04. The number of para-hydroxylation sites is 1. The van der Waals surface area contributed by atoms with Gasteiger partial charge in [-0.3, -0.25) is 0 Å². The Morgan fingerprint density at radius 3 is 2.66 bits per heavy atom. The van der Waals surface area contributed by atoms with Crippen molar-refractivity contribution in [1.82, 2.24) is 23.9 Å². The summed E-state index contributed by atoms with van der Waals surface area (Å²) in [5, 5.41) is 9.26. The molecule has 164 valence electrons. The molecule has 0 radical (unpaired) electrons. The monoisotopic (exact) mass is 468 g/mol. The molecule has 0 unspecified atom stereocenters. The molecule has 2 aromatic heterocycles. The normalized spacial score (nSPS) is 15.3. The van der Waals surface area contributed by atoms with Crippen LogP contribution in [0.4, 0.5) is 11.5 Å². The molecule has 0 saturated heterocycles. The highest BCUT2D eigenvalue weighted by Crippen LogP contribution is 2.33. The van der Waals surface area contributed by atoms with Crippen LogP contribution in [-0.2, 0) is 10.0 Å². The van der Waals surface area contributed by atoms with Gasteiger partial charge < -0.3 is 4.90 Å². The minimum absolute atomic E-state index is 0.271. The molecule has 0 N–H and O–H groups in total. The van der Waals surface area contributed by atoms with Crippen LogP contribution < -0.4 is 4.90 Å². The van der Waals surface area contributed by atoms with Crippen molar-refractivity contribution in [2.75, 3.05) is 31.3 Å². The second-order valence-corrected chi connectivity index (χ2v) is 10.1. The van der Waals surface area contributed by atoms with E-state index in [9.17, 15) is 8.42 Å². The Kier molecular flexibility index (Phi) is 5.11. The van der Waals surface area contributed by atoms with Crippen molar-refractivity contribution in [1.29, 1.82) is 0 Å². The molecule has 2 aromatic carbocycles. The van der Waals surface area contributed by atoms with E-state index in [1.807, 2.05) is 60.5 Å². The van der Waals surface area contributed by atoms with Crippen LogP contribution in [0.3, 0.4) is 0 Å². The maximum atomic E-state index is 11.8. The molecule has 8 nitrogen and oxygen atoms in total. The average Bonchev–Trinajstić information content (AvgIpc) is 3.18. The van der Waals surface area contributed by atoms with Crippen molar-refractivity contribution in [3.63, 3.8) is 0 Å². The fourth-order valence-corrected chi connectivity index (χ4v) is 5.03. The summed E-state index contributed by atoms with van der Waals surface area (Å²) in [6.07, 6.45) is 3.91.